The predicted molar refractivity (Wildman–Crippen MR) is 80.4 cm³/mol. The molecule has 4 nitrogen and oxygen atoms in total. The molecule has 1 amide bonds. The first kappa shape index (κ1) is 12.3. The van der Waals surface area contributed by atoms with Crippen LogP contribution in [0.15, 0.2) is 37.0 Å². The van der Waals surface area contributed by atoms with Gasteiger partial charge in [-0.15, -0.1) is 0 Å². The molecule has 0 bridgehead atoms. The number of carbonyl (C=O) groups is 1. The summed E-state index contributed by atoms with van der Waals surface area (Å²) in [6.45, 7) is 3.80. The van der Waals surface area contributed by atoms with Gasteiger partial charge in [0.1, 0.15) is 5.75 Å². The largest absolute Gasteiger partial charge is 0.495 e. The number of hydrogen-bond donors (Lipinski definition) is 2. The van der Waals surface area contributed by atoms with Gasteiger partial charge < -0.3 is 15.0 Å². The zero-order valence-electron chi connectivity index (χ0n) is 11.1. The maximum absolute atomic E-state index is 12.2. The van der Waals surface area contributed by atoms with Crippen LogP contribution in [-0.2, 0) is 4.79 Å². The van der Waals surface area contributed by atoms with Crippen molar-refractivity contribution in [1.82, 2.24) is 4.98 Å². The van der Waals surface area contributed by atoms with Crippen LogP contribution in [0.5, 0.6) is 5.75 Å². The Balaban J connectivity index is 2.17. The SMILES string of the molecule is C=Cc1cccc2c1C(=Cc1[nH]ccc1OC)C(=O)N2. The van der Waals surface area contributed by atoms with Crippen molar-refractivity contribution in [3.63, 3.8) is 0 Å². The number of methoxy groups -OCH3 is 1. The van der Waals surface area contributed by atoms with Crippen LogP contribution in [0.25, 0.3) is 17.7 Å². The molecule has 0 spiro atoms. The van der Waals surface area contributed by atoms with E-state index in [4.69, 9.17) is 4.74 Å². The van der Waals surface area contributed by atoms with E-state index in [0.29, 0.717) is 11.3 Å². The summed E-state index contributed by atoms with van der Waals surface area (Å²) >= 11 is 0. The van der Waals surface area contributed by atoms with Gasteiger partial charge in [0.25, 0.3) is 5.91 Å². The van der Waals surface area contributed by atoms with Crippen LogP contribution < -0.4 is 10.1 Å². The van der Waals surface area contributed by atoms with Gasteiger partial charge >= 0.3 is 0 Å². The Morgan fingerprint density at radius 2 is 2.15 bits per heavy atom. The van der Waals surface area contributed by atoms with E-state index < -0.39 is 0 Å². The van der Waals surface area contributed by atoms with E-state index in [0.717, 1.165) is 22.5 Å². The van der Waals surface area contributed by atoms with Crippen LogP contribution in [0.4, 0.5) is 5.69 Å². The molecule has 0 atom stereocenters. The maximum atomic E-state index is 12.2. The van der Waals surface area contributed by atoms with Crippen LogP contribution in [0.2, 0.25) is 0 Å². The highest BCUT2D eigenvalue weighted by atomic mass is 16.5. The van der Waals surface area contributed by atoms with Gasteiger partial charge in [-0.1, -0.05) is 24.8 Å². The van der Waals surface area contributed by atoms with Crippen molar-refractivity contribution in [3.8, 4) is 5.75 Å². The lowest BCUT2D eigenvalue weighted by molar-refractivity contribution is -0.110. The van der Waals surface area contributed by atoms with Crippen molar-refractivity contribution in [1.29, 1.82) is 0 Å². The van der Waals surface area contributed by atoms with Crippen LogP contribution in [0.1, 0.15) is 16.8 Å². The average Bonchev–Trinajstić information content (AvgIpc) is 3.03. The molecule has 0 unspecified atom stereocenters. The molecule has 0 fully saturated rings. The number of aromatic nitrogens is 1. The zero-order valence-corrected chi connectivity index (χ0v) is 11.1. The first-order valence-corrected chi connectivity index (χ1v) is 6.25. The Hall–Kier alpha value is -2.75. The number of anilines is 1. The molecule has 0 saturated heterocycles. The van der Waals surface area contributed by atoms with Gasteiger partial charge in [-0.2, -0.15) is 0 Å². The second kappa shape index (κ2) is 4.74. The zero-order chi connectivity index (χ0) is 14.1. The number of rotatable bonds is 3. The van der Waals surface area contributed by atoms with E-state index in [1.807, 2.05) is 24.3 Å². The number of benzene rings is 1. The van der Waals surface area contributed by atoms with Crippen molar-refractivity contribution < 1.29 is 9.53 Å². The molecule has 0 saturated carbocycles. The van der Waals surface area contributed by atoms with Gasteiger partial charge in [-0.05, 0) is 23.8 Å². The predicted octanol–water partition coefficient (Wildman–Crippen LogP) is 3.16. The Morgan fingerprint density at radius 1 is 1.30 bits per heavy atom. The van der Waals surface area contributed by atoms with Crippen LogP contribution >= 0.6 is 0 Å². The monoisotopic (exact) mass is 266 g/mol. The number of hydrogen-bond acceptors (Lipinski definition) is 2. The smallest absolute Gasteiger partial charge is 0.256 e. The number of H-pyrrole nitrogens is 1. The van der Waals surface area contributed by atoms with Crippen molar-refractivity contribution in [2.45, 2.75) is 0 Å². The second-order valence-electron chi connectivity index (χ2n) is 4.45. The molecule has 2 N–H and O–H groups in total. The minimum atomic E-state index is -0.119. The summed E-state index contributed by atoms with van der Waals surface area (Å²) < 4.78 is 5.25. The van der Waals surface area contributed by atoms with E-state index >= 15 is 0 Å². The lowest BCUT2D eigenvalue weighted by Gasteiger charge is -2.04. The van der Waals surface area contributed by atoms with Crippen LogP contribution in [0, 0.1) is 0 Å². The first-order chi connectivity index (χ1) is 9.74. The van der Waals surface area contributed by atoms with Gasteiger partial charge in [-0.25, -0.2) is 0 Å². The molecule has 3 rings (SSSR count). The molecule has 100 valence electrons. The quantitative estimate of drug-likeness (QED) is 0.838. The molecule has 2 aromatic rings. The Bertz CT molecular complexity index is 726. The number of fused-ring (bicyclic) bond motifs is 1. The second-order valence-corrected chi connectivity index (χ2v) is 4.45. The molecular weight excluding hydrogens is 252 g/mol. The van der Waals surface area contributed by atoms with E-state index in [1.54, 1.807) is 25.5 Å². The summed E-state index contributed by atoms with van der Waals surface area (Å²) in [7, 11) is 1.60. The summed E-state index contributed by atoms with van der Waals surface area (Å²) in [5.41, 5.74) is 3.99. The first-order valence-electron chi connectivity index (χ1n) is 6.25. The molecule has 2 heterocycles. The normalized spacial score (nSPS) is 15.1. The van der Waals surface area contributed by atoms with Gasteiger partial charge in [0.2, 0.25) is 0 Å². The minimum absolute atomic E-state index is 0.119. The third-order valence-electron chi connectivity index (χ3n) is 3.33. The molecular formula is C16H14N2O2. The fraction of sp³-hybridized carbons (Fsp3) is 0.0625. The summed E-state index contributed by atoms with van der Waals surface area (Å²) in [5, 5.41) is 2.86. The Kier molecular flexibility index (Phi) is 2.91. The summed E-state index contributed by atoms with van der Waals surface area (Å²) in [6, 6.07) is 7.53. The van der Waals surface area contributed by atoms with E-state index in [2.05, 4.69) is 16.9 Å². The Morgan fingerprint density at radius 3 is 2.90 bits per heavy atom. The third kappa shape index (κ3) is 1.82. The molecule has 0 radical (unpaired) electrons. The number of aromatic amines is 1. The molecule has 1 aliphatic heterocycles. The van der Waals surface area contributed by atoms with E-state index in [-0.39, 0.29) is 5.91 Å². The van der Waals surface area contributed by atoms with Gasteiger partial charge in [0.15, 0.2) is 0 Å². The van der Waals surface area contributed by atoms with Crippen molar-refractivity contribution in [2.24, 2.45) is 0 Å². The number of carbonyl (C=O) groups excluding carboxylic acids is 1. The molecule has 0 aliphatic carbocycles. The number of amides is 1. The van der Waals surface area contributed by atoms with Gasteiger partial charge in [-0.3, -0.25) is 4.79 Å². The maximum Gasteiger partial charge on any atom is 0.256 e. The number of nitrogens with one attached hydrogen (secondary N) is 2. The fourth-order valence-corrected chi connectivity index (χ4v) is 2.39. The highest BCUT2D eigenvalue weighted by Gasteiger charge is 2.26. The number of ether oxygens (including phenoxy) is 1. The minimum Gasteiger partial charge on any atom is -0.495 e. The van der Waals surface area contributed by atoms with Crippen molar-refractivity contribution in [3.05, 3.63) is 53.9 Å². The highest BCUT2D eigenvalue weighted by molar-refractivity contribution is 6.35. The van der Waals surface area contributed by atoms with Gasteiger partial charge in [0, 0.05) is 17.4 Å². The van der Waals surface area contributed by atoms with Crippen LogP contribution in [-0.4, -0.2) is 18.0 Å². The highest BCUT2D eigenvalue weighted by Crippen LogP contribution is 2.37. The molecule has 4 heteroatoms. The summed E-state index contributed by atoms with van der Waals surface area (Å²) in [6.07, 6.45) is 5.32. The molecule has 20 heavy (non-hydrogen) atoms. The van der Waals surface area contributed by atoms with E-state index in [9.17, 15) is 4.79 Å². The average molecular weight is 266 g/mol. The standard InChI is InChI=1S/C16H14N2O2/c1-3-10-5-4-6-12-15(10)11(16(19)18-12)9-13-14(20-2)7-8-17-13/h3-9,17H,1H2,2H3,(H,18,19). The van der Waals surface area contributed by atoms with Crippen LogP contribution in [0.3, 0.4) is 0 Å². The molecule has 1 aliphatic rings. The van der Waals surface area contributed by atoms with Gasteiger partial charge in [0.05, 0.1) is 18.4 Å². The Labute approximate surface area is 116 Å². The molecule has 1 aromatic carbocycles. The van der Waals surface area contributed by atoms with Crippen molar-refractivity contribution in [2.75, 3.05) is 12.4 Å². The lowest BCUT2D eigenvalue weighted by Crippen LogP contribution is -2.03. The summed E-state index contributed by atoms with van der Waals surface area (Å²) in [5.74, 6) is 0.584. The lowest BCUT2D eigenvalue weighted by atomic mass is 9.99. The molecule has 1 aromatic heterocycles. The van der Waals surface area contributed by atoms with Crippen molar-refractivity contribution >= 4 is 29.3 Å². The third-order valence-corrected chi connectivity index (χ3v) is 3.33. The summed E-state index contributed by atoms with van der Waals surface area (Å²) in [4.78, 5) is 15.2. The van der Waals surface area contributed by atoms with E-state index in [1.165, 1.54) is 0 Å². The fourth-order valence-electron chi connectivity index (χ4n) is 2.39. The topological polar surface area (TPSA) is 54.1 Å².